The first-order valence-corrected chi connectivity index (χ1v) is 9.96. The highest BCUT2D eigenvalue weighted by atomic mass is 16.7. The summed E-state index contributed by atoms with van der Waals surface area (Å²) in [6.45, 7) is 6.40. The van der Waals surface area contributed by atoms with Crippen molar-refractivity contribution in [2.24, 2.45) is 0 Å². The number of fused-ring (bicyclic) bond motifs is 1. The highest BCUT2D eigenvalue weighted by Gasteiger charge is 2.37. The SMILES string of the molecule is O[C@H]1CN(Cc2cccc3c2OCO3)C[C@@H]1N1CCN(c2ccccn2)CC1. The number of hydrogen-bond acceptors (Lipinski definition) is 7. The Morgan fingerprint density at radius 1 is 1.00 bits per heavy atom. The predicted octanol–water partition coefficient (Wildman–Crippen LogP) is 1.18. The summed E-state index contributed by atoms with van der Waals surface area (Å²) < 4.78 is 11.1. The van der Waals surface area contributed by atoms with Crippen LogP contribution in [0.1, 0.15) is 5.56 Å². The number of rotatable bonds is 4. The summed E-state index contributed by atoms with van der Waals surface area (Å²) in [5.41, 5.74) is 1.13. The summed E-state index contributed by atoms with van der Waals surface area (Å²) >= 11 is 0. The molecule has 2 atom stereocenters. The number of β-amino-alcohol motifs (C(OH)–C–C–N with tert-alkyl or cyclic N) is 1. The second-order valence-corrected chi connectivity index (χ2v) is 7.69. The van der Waals surface area contributed by atoms with Crippen LogP contribution >= 0.6 is 0 Å². The molecule has 2 saturated heterocycles. The van der Waals surface area contributed by atoms with Gasteiger partial charge in [0.05, 0.1) is 6.10 Å². The third-order valence-corrected chi connectivity index (χ3v) is 5.96. The van der Waals surface area contributed by atoms with Crippen molar-refractivity contribution in [3.8, 4) is 11.5 Å². The van der Waals surface area contributed by atoms with E-state index in [1.54, 1.807) is 0 Å². The van der Waals surface area contributed by atoms with Crippen LogP contribution in [0.5, 0.6) is 11.5 Å². The molecule has 2 aromatic rings. The van der Waals surface area contributed by atoms with Gasteiger partial charge in [-0.3, -0.25) is 9.80 Å². The number of anilines is 1. The van der Waals surface area contributed by atoms with Crippen LogP contribution < -0.4 is 14.4 Å². The van der Waals surface area contributed by atoms with Crippen molar-refractivity contribution in [1.29, 1.82) is 0 Å². The van der Waals surface area contributed by atoms with Crippen molar-refractivity contribution >= 4 is 5.82 Å². The van der Waals surface area contributed by atoms with E-state index in [0.29, 0.717) is 6.54 Å². The van der Waals surface area contributed by atoms with Crippen molar-refractivity contribution in [3.63, 3.8) is 0 Å². The Kier molecular flexibility index (Phi) is 4.80. The molecule has 148 valence electrons. The first-order chi connectivity index (χ1) is 13.8. The van der Waals surface area contributed by atoms with Gasteiger partial charge in [0, 0.05) is 63.6 Å². The molecule has 0 bridgehead atoms. The lowest BCUT2D eigenvalue weighted by Crippen LogP contribution is -2.53. The Morgan fingerprint density at radius 3 is 2.71 bits per heavy atom. The summed E-state index contributed by atoms with van der Waals surface area (Å²) in [7, 11) is 0. The fourth-order valence-electron chi connectivity index (χ4n) is 4.51. The molecule has 0 saturated carbocycles. The van der Waals surface area contributed by atoms with E-state index in [1.807, 2.05) is 30.5 Å². The molecule has 5 rings (SSSR count). The van der Waals surface area contributed by atoms with Gasteiger partial charge in [0.15, 0.2) is 11.5 Å². The third kappa shape index (κ3) is 3.41. The fraction of sp³-hybridized carbons (Fsp3) is 0.476. The van der Waals surface area contributed by atoms with Crippen molar-refractivity contribution in [2.45, 2.75) is 18.7 Å². The minimum Gasteiger partial charge on any atom is -0.454 e. The molecule has 0 radical (unpaired) electrons. The Labute approximate surface area is 165 Å². The molecule has 3 aliphatic rings. The van der Waals surface area contributed by atoms with Crippen LogP contribution in [-0.2, 0) is 6.54 Å². The summed E-state index contributed by atoms with van der Waals surface area (Å²) in [5, 5.41) is 10.7. The van der Waals surface area contributed by atoms with E-state index < -0.39 is 0 Å². The molecule has 28 heavy (non-hydrogen) atoms. The lowest BCUT2D eigenvalue weighted by atomic mass is 10.1. The lowest BCUT2D eigenvalue weighted by Gasteiger charge is -2.39. The number of benzene rings is 1. The molecule has 7 nitrogen and oxygen atoms in total. The second-order valence-electron chi connectivity index (χ2n) is 7.69. The average Bonchev–Trinajstić information content (AvgIpc) is 3.36. The van der Waals surface area contributed by atoms with Crippen molar-refractivity contribution in [2.75, 3.05) is 51.0 Å². The van der Waals surface area contributed by atoms with E-state index in [1.165, 1.54) is 0 Å². The molecular weight excluding hydrogens is 356 g/mol. The van der Waals surface area contributed by atoms with Gasteiger partial charge in [-0.1, -0.05) is 18.2 Å². The first-order valence-electron chi connectivity index (χ1n) is 9.96. The number of ether oxygens (including phenoxy) is 2. The first kappa shape index (κ1) is 17.7. The van der Waals surface area contributed by atoms with Crippen LogP contribution in [0.3, 0.4) is 0 Å². The van der Waals surface area contributed by atoms with E-state index in [4.69, 9.17) is 9.47 Å². The summed E-state index contributed by atoms with van der Waals surface area (Å²) in [6, 6.07) is 12.2. The highest BCUT2D eigenvalue weighted by Crippen LogP contribution is 2.36. The topological polar surface area (TPSA) is 61.3 Å². The Hall–Kier alpha value is -2.35. The molecule has 0 spiro atoms. The number of likely N-dealkylation sites (tertiary alicyclic amines) is 1. The zero-order chi connectivity index (χ0) is 18.9. The van der Waals surface area contributed by atoms with Crippen LogP contribution in [0, 0.1) is 0 Å². The maximum absolute atomic E-state index is 10.7. The Morgan fingerprint density at radius 2 is 1.89 bits per heavy atom. The monoisotopic (exact) mass is 382 g/mol. The van der Waals surface area contributed by atoms with Crippen molar-refractivity contribution < 1.29 is 14.6 Å². The quantitative estimate of drug-likeness (QED) is 0.852. The lowest BCUT2D eigenvalue weighted by molar-refractivity contribution is 0.0790. The molecule has 1 N–H and O–H groups in total. The molecule has 4 heterocycles. The number of aliphatic hydroxyl groups is 1. The van der Waals surface area contributed by atoms with Crippen molar-refractivity contribution in [1.82, 2.24) is 14.8 Å². The average molecular weight is 382 g/mol. The van der Waals surface area contributed by atoms with Gasteiger partial charge in [-0.2, -0.15) is 0 Å². The molecular formula is C21H26N4O3. The largest absolute Gasteiger partial charge is 0.454 e. The van der Waals surface area contributed by atoms with Crippen LogP contribution in [0.2, 0.25) is 0 Å². The van der Waals surface area contributed by atoms with E-state index in [9.17, 15) is 5.11 Å². The Bertz CT molecular complexity index is 811. The van der Waals surface area contributed by atoms with E-state index in [-0.39, 0.29) is 18.9 Å². The molecule has 1 aromatic carbocycles. The summed E-state index contributed by atoms with van der Waals surface area (Å²) in [5.74, 6) is 2.71. The molecule has 1 aromatic heterocycles. The van der Waals surface area contributed by atoms with E-state index in [0.717, 1.165) is 62.1 Å². The minimum atomic E-state index is -0.324. The van der Waals surface area contributed by atoms with Gasteiger partial charge in [0.2, 0.25) is 6.79 Å². The zero-order valence-corrected chi connectivity index (χ0v) is 15.9. The molecule has 0 aliphatic carbocycles. The van der Waals surface area contributed by atoms with Crippen LogP contribution in [0.4, 0.5) is 5.82 Å². The smallest absolute Gasteiger partial charge is 0.231 e. The number of piperazine rings is 1. The molecule has 7 heteroatoms. The van der Waals surface area contributed by atoms with Gasteiger partial charge in [0.25, 0.3) is 0 Å². The number of pyridine rings is 1. The zero-order valence-electron chi connectivity index (χ0n) is 15.9. The number of hydrogen-bond donors (Lipinski definition) is 1. The maximum Gasteiger partial charge on any atom is 0.231 e. The summed E-state index contributed by atoms with van der Waals surface area (Å²) in [4.78, 5) is 11.5. The summed E-state index contributed by atoms with van der Waals surface area (Å²) in [6.07, 6.45) is 1.52. The van der Waals surface area contributed by atoms with Crippen LogP contribution in [0.15, 0.2) is 42.6 Å². The normalized spacial score (nSPS) is 25.4. The number of nitrogens with zero attached hydrogens (tertiary/aromatic N) is 4. The third-order valence-electron chi connectivity index (χ3n) is 5.96. The molecule has 3 aliphatic heterocycles. The van der Waals surface area contributed by atoms with Gasteiger partial charge in [-0.15, -0.1) is 0 Å². The fourth-order valence-corrected chi connectivity index (χ4v) is 4.51. The molecule has 0 unspecified atom stereocenters. The van der Waals surface area contributed by atoms with Gasteiger partial charge < -0.3 is 19.5 Å². The standard InChI is InChI=1S/C21H26N4O3/c26-18-14-23(12-16-4-3-5-19-21(16)28-15-27-19)13-17(18)24-8-10-25(11-9-24)20-6-1-2-7-22-20/h1-7,17-18,26H,8-15H2/t17-,18-/m0/s1. The van der Waals surface area contributed by atoms with E-state index in [2.05, 4.69) is 31.8 Å². The van der Waals surface area contributed by atoms with Crippen LogP contribution in [-0.4, -0.2) is 78.1 Å². The molecule has 0 amide bonds. The number of aliphatic hydroxyl groups excluding tert-OH is 1. The predicted molar refractivity (Wildman–Crippen MR) is 106 cm³/mol. The Balaban J connectivity index is 1.20. The van der Waals surface area contributed by atoms with Gasteiger partial charge in [-0.25, -0.2) is 4.98 Å². The van der Waals surface area contributed by atoms with Crippen molar-refractivity contribution in [3.05, 3.63) is 48.2 Å². The van der Waals surface area contributed by atoms with Gasteiger partial charge >= 0.3 is 0 Å². The number of aromatic nitrogens is 1. The highest BCUT2D eigenvalue weighted by molar-refractivity contribution is 5.48. The minimum absolute atomic E-state index is 0.180. The maximum atomic E-state index is 10.7. The van der Waals surface area contributed by atoms with E-state index >= 15 is 0 Å². The second kappa shape index (κ2) is 7.58. The molecule has 2 fully saturated rings. The van der Waals surface area contributed by atoms with Gasteiger partial charge in [-0.05, 0) is 18.2 Å². The van der Waals surface area contributed by atoms with Gasteiger partial charge in [0.1, 0.15) is 5.82 Å². The van der Waals surface area contributed by atoms with Crippen LogP contribution in [0.25, 0.3) is 0 Å². The number of para-hydroxylation sites is 1.